The quantitative estimate of drug-likeness (QED) is 0.379. The molecule has 0 atom stereocenters. The minimum atomic E-state index is -0.960. The molecule has 0 spiro atoms. The molecular weight excluding hydrogens is 240 g/mol. The Morgan fingerprint density at radius 3 is 2.06 bits per heavy atom. The second kappa shape index (κ2) is 9.37. The van der Waals surface area contributed by atoms with Crippen molar-refractivity contribution < 1.29 is 9.53 Å². The van der Waals surface area contributed by atoms with Crippen LogP contribution in [0.4, 0.5) is 0 Å². The molecule has 0 aromatic rings. The molecule has 0 aromatic heterocycles. The summed E-state index contributed by atoms with van der Waals surface area (Å²) in [6.45, 7) is 13.5. The first-order chi connectivity index (χ1) is 8.36. The minimum Gasteiger partial charge on any atom is -0.462 e. The van der Waals surface area contributed by atoms with Gasteiger partial charge in [0, 0.05) is 5.57 Å². The Kier molecular flexibility index (Phi) is 9.07. The normalized spacial score (nSPS) is 12.6. The molecule has 0 N–H and O–H groups in total. The molecule has 0 aromatic carbocycles. The maximum atomic E-state index is 11.7. The molecule has 0 aliphatic rings. The summed E-state index contributed by atoms with van der Waals surface area (Å²) < 4.78 is 5.18. The molecule has 0 rings (SSSR count). The van der Waals surface area contributed by atoms with Crippen LogP contribution in [0.2, 0.25) is 12.1 Å². The van der Waals surface area contributed by atoms with Gasteiger partial charge in [-0.15, -0.1) is 0 Å². The highest BCUT2D eigenvalue weighted by atomic mass is 28.3. The number of ether oxygens (including phenoxy) is 1. The molecule has 0 radical (unpaired) electrons. The maximum Gasteiger partial charge on any atom is 0.332 e. The van der Waals surface area contributed by atoms with Gasteiger partial charge in [0.2, 0.25) is 0 Å². The fourth-order valence-corrected chi connectivity index (χ4v) is 5.90. The average Bonchev–Trinajstić information content (AvgIpc) is 2.23. The van der Waals surface area contributed by atoms with E-state index in [9.17, 15) is 4.79 Å². The molecule has 0 unspecified atom stereocenters. The first-order valence-corrected chi connectivity index (χ1v) is 9.52. The van der Waals surface area contributed by atoms with Crippen molar-refractivity contribution >= 4 is 14.8 Å². The van der Waals surface area contributed by atoms with Crippen molar-refractivity contribution in [1.29, 1.82) is 0 Å². The lowest BCUT2D eigenvalue weighted by Gasteiger charge is -2.17. The van der Waals surface area contributed by atoms with Crippen molar-refractivity contribution in [3.8, 4) is 0 Å². The molecule has 0 bridgehead atoms. The van der Waals surface area contributed by atoms with E-state index >= 15 is 0 Å². The molecule has 3 heteroatoms. The number of carbonyl (C=O) groups is 1. The second-order valence-corrected chi connectivity index (χ2v) is 8.80. The lowest BCUT2D eigenvalue weighted by molar-refractivity contribution is -0.138. The van der Waals surface area contributed by atoms with Crippen LogP contribution in [-0.4, -0.2) is 21.4 Å². The maximum absolute atomic E-state index is 11.7. The Labute approximate surface area is 114 Å². The summed E-state index contributed by atoms with van der Waals surface area (Å²) in [5, 5.41) is 0. The Hall–Kier alpha value is -0.573. The van der Waals surface area contributed by atoms with Crippen LogP contribution < -0.4 is 0 Å². The SMILES string of the molecule is CCCOC(=O)C(C)=C[SiH](CC(C)C)CC(C)C. The number of hydrogen-bond donors (Lipinski definition) is 0. The fourth-order valence-electron chi connectivity index (χ4n) is 2.17. The second-order valence-electron chi connectivity index (χ2n) is 6.00. The van der Waals surface area contributed by atoms with Crippen LogP contribution in [0.5, 0.6) is 0 Å². The first-order valence-electron chi connectivity index (χ1n) is 7.22. The number of esters is 1. The molecule has 18 heavy (non-hydrogen) atoms. The highest BCUT2D eigenvalue weighted by Gasteiger charge is 2.15. The van der Waals surface area contributed by atoms with Gasteiger partial charge in [0.1, 0.15) is 0 Å². The molecule has 0 saturated heterocycles. The lowest BCUT2D eigenvalue weighted by atomic mass is 10.3. The molecule has 0 saturated carbocycles. The van der Waals surface area contributed by atoms with Crippen molar-refractivity contribution in [2.24, 2.45) is 11.8 Å². The molecule has 0 aliphatic heterocycles. The van der Waals surface area contributed by atoms with Crippen LogP contribution in [0.3, 0.4) is 0 Å². The van der Waals surface area contributed by atoms with Crippen LogP contribution in [0.1, 0.15) is 48.0 Å². The van der Waals surface area contributed by atoms with Crippen molar-refractivity contribution in [3.63, 3.8) is 0 Å². The highest BCUT2D eigenvalue weighted by molar-refractivity contribution is 6.64. The summed E-state index contributed by atoms with van der Waals surface area (Å²) in [5.74, 6) is 1.31. The Morgan fingerprint density at radius 2 is 1.67 bits per heavy atom. The van der Waals surface area contributed by atoms with Crippen molar-refractivity contribution in [2.45, 2.75) is 60.1 Å². The number of carbonyl (C=O) groups excluding carboxylic acids is 1. The molecule has 0 amide bonds. The van der Waals surface area contributed by atoms with E-state index in [0.29, 0.717) is 6.61 Å². The Balaban J connectivity index is 4.54. The van der Waals surface area contributed by atoms with E-state index in [0.717, 1.165) is 23.8 Å². The van der Waals surface area contributed by atoms with Gasteiger partial charge < -0.3 is 4.74 Å². The van der Waals surface area contributed by atoms with Gasteiger partial charge in [0.05, 0.1) is 15.4 Å². The van der Waals surface area contributed by atoms with Gasteiger partial charge >= 0.3 is 5.97 Å². The largest absolute Gasteiger partial charge is 0.462 e. The van der Waals surface area contributed by atoms with Crippen LogP contribution >= 0.6 is 0 Å². The van der Waals surface area contributed by atoms with E-state index in [1.54, 1.807) is 0 Å². The van der Waals surface area contributed by atoms with Crippen LogP contribution in [-0.2, 0) is 9.53 Å². The zero-order valence-corrected chi connectivity index (χ0v) is 14.1. The Morgan fingerprint density at radius 1 is 1.17 bits per heavy atom. The van der Waals surface area contributed by atoms with E-state index < -0.39 is 8.80 Å². The third-order valence-electron chi connectivity index (χ3n) is 2.79. The minimum absolute atomic E-state index is 0.123. The van der Waals surface area contributed by atoms with E-state index in [4.69, 9.17) is 4.74 Å². The molecule has 106 valence electrons. The predicted octanol–water partition coefficient (Wildman–Crippen LogP) is 3.96. The zero-order valence-electron chi connectivity index (χ0n) is 13.0. The monoisotopic (exact) mass is 270 g/mol. The van der Waals surface area contributed by atoms with Gasteiger partial charge in [0.25, 0.3) is 0 Å². The van der Waals surface area contributed by atoms with E-state index in [1.165, 1.54) is 12.1 Å². The summed E-state index contributed by atoms with van der Waals surface area (Å²) in [6.07, 6.45) is 0.887. The highest BCUT2D eigenvalue weighted by Crippen LogP contribution is 2.17. The standard InChI is InChI=1S/C15H30O2Si/c1-7-8-17-15(16)14(6)11-18(9-12(2)3)10-13(4)5/h11-13,18H,7-10H2,1-6H3. The smallest absolute Gasteiger partial charge is 0.332 e. The van der Waals surface area contributed by atoms with Crippen molar-refractivity contribution in [3.05, 3.63) is 11.3 Å². The van der Waals surface area contributed by atoms with Gasteiger partial charge in [-0.1, -0.05) is 52.4 Å². The lowest BCUT2D eigenvalue weighted by Crippen LogP contribution is -2.18. The van der Waals surface area contributed by atoms with Crippen LogP contribution in [0.15, 0.2) is 11.3 Å². The van der Waals surface area contributed by atoms with Gasteiger partial charge in [-0.3, -0.25) is 0 Å². The third-order valence-corrected chi connectivity index (χ3v) is 6.86. The summed E-state index contributed by atoms with van der Waals surface area (Å²) in [6, 6.07) is 2.55. The van der Waals surface area contributed by atoms with Gasteiger partial charge in [-0.25, -0.2) is 4.79 Å². The van der Waals surface area contributed by atoms with E-state index in [1.807, 2.05) is 13.8 Å². The summed E-state index contributed by atoms with van der Waals surface area (Å²) >= 11 is 0. The van der Waals surface area contributed by atoms with Crippen LogP contribution in [0.25, 0.3) is 0 Å². The van der Waals surface area contributed by atoms with E-state index in [-0.39, 0.29) is 5.97 Å². The molecule has 0 heterocycles. The van der Waals surface area contributed by atoms with Gasteiger partial charge in [-0.2, -0.15) is 0 Å². The molecule has 0 fully saturated rings. The zero-order chi connectivity index (χ0) is 14.1. The predicted molar refractivity (Wildman–Crippen MR) is 81.4 cm³/mol. The average molecular weight is 270 g/mol. The molecular formula is C15H30O2Si. The number of hydrogen-bond acceptors (Lipinski definition) is 2. The number of rotatable bonds is 8. The third kappa shape index (κ3) is 8.51. The first kappa shape index (κ1) is 17.4. The van der Waals surface area contributed by atoms with Crippen LogP contribution in [0, 0.1) is 11.8 Å². The summed E-state index contributed by atoms with van der Waals surface area (Å²) in [7, 11) is -0.960. The molecule has 2 nitrogen and oxygen atoms in total. The topological polar surface area (TPSA) is 26.3 Å². The Bertz CT molecular complexity index is 260. The van der Waals surface area contributed by atoms with E-state index in [2.05, 4.69) is 33.4 Å². The van der Waals surface area contributed by atoms with Gasteiger partial charge in [0.15, 0.2) is 0 Å². The van der Waals surface area contributed by atoms with Crippen molar-refractivity contribution in [2.75, 3.05) is 6.61 Å². The fraction of sp³-hybridized carbons (Fsp3) is 0.800. The van der Waals surface area contributed by atoms with Gasteiger partial charge in [-0.05, 0) is 25.2 Å². The molecule has 0 aliphatic carbocycles. The summed E-state index contributed by atoms with van der Waals surface area (Å²) in [4.78, 5) is 11.7. The summed E-state index contributed by atoms with van der Waals surface area (Å²) in [5.41, 5.74) is 3.07. The van der Waals surface area contributed by atoms with Crippen molar-refractivity contribution in [1.82, 2.24) is 0 Å².